The second-order valence-electron chi connectivity index (χ2n) is 6.93. The number of ether oxygens (including phenoxy) is 3. The molecule has 0 aliphatic heterocycles. The highest BCUT2D eigenvalue weighted by Gasteiger charge is 2.19. The molecule has 0 radical (unpaired) electrons. The molecule has 0 spiro atoms. The number of hydrogen-bond donors (Lipinski definition) is 1. The van der Waals surface area contributed by atoms with Gasteiger partial charge in [0, 0.05) is 11.1 Å². The van der Waals surface area contributed by atoms with Crippen LogP contribution in [-0.2, 0) is 6.54 Å². The van der Waals surface area contributed by atoms with E-state index in [0.29, 0.717) is 45.1 Å². The molecule has 8 heteroatoms. The normalized spacial score (nSPS) is 10.8. The van der Waals surface area contributed by atoms with Gasteiger partial charge in [-0.3, -0.25) is 4.79 Å². The second-order valence-corrected chi connectivity index (χ2v) is 6.93. The van der Waals surface area contributed by atoms with Crippen molar-refractivity contribution in [1.29, 1.82) is 0 Å². The Hall–Kier alpha value is -4.07. The van der Waals surface area contributed by atoms with Crippen molar-refractivity contribution in [3.63, 3.8) is 0 Å². The lowest BCUT2D eigenvalue weighted by Crippen LogP contribution is -2.31. The third-order valence-electron chi connectivity index (χ3n) is 5.08. The summed E-state index contributed by atoms with van der Waals surface area (Å²) in [5, 5.41) is 0.435. The number of nitrogens with zero attached hydrogens (tertiary/aromatic N) is 2. The van der Waals surface area contributed by atoms with Crippen LogP contribution in [0.25, 0.3) is 22.3 Å². The first kappa shape index (κ1) is 21.2. The average molecular weight is 435 g/mol. The quantitative estimate of drug-likeness (QED) is 0.474. The summed E-state index contributed by atoms with van der Waals surface area (Å²) in [6, 6.07) is 16.8. The summed E-state index contributed by atoms with van der Waals surface area (Å²) in [7, 11) is 4.54. The van der Waals surface area contributed by atoms with Gasteiger partial charge in [0.15, 0.2) is 17.3 Å². The summed E-state index contributed by atoms with van der Waals surface area (Å²) >= 11 is 0. The van der Waals surface area contributed by atoms with Gasteiger partial charge in [-0.05, 0) is 30.3 Å². The van der Waals surface area contributed by atoms with E-state index in [9.17, 15) is 9.18 Å². The minimum Gasteiger partial charge on any atom is -0.493 e. The lowest BCUT2D eigenvalue weighted by Gasteiger charge is -2.18. The van der Waals surface area contributed by atoms with E-state index >= 15 is 0 Å². The van der Waals surface area contributed by atoms with E-state index in [1.807, 2.05) is 6.07 Å². The first-order valence-corrected chi connectivity index (χ1v) is 9.86. The van der Waals surface area contributed by atoms with Crippen LogP contribution in [0.15, 0.2) is 65.5 Å². The summed E-state index contributed by atoms with van der Waals surface area (Å²) in [5.41, 5.74) is 4.22. The molecule has 0 aliphatic carbocycles. The number of rotatable bonds is 7. The third-order valence-corrected chi connectivity index (χ3v) is 5.08. The SMILES string of the molecule is COc1cc(-c2nc3ccccc3c(=O)n2NCc2ccccc2F)cc(OC)c1OC. The number of aromatic nitrogens is 2. The van der Waals surface area contributed by atoms with Gasteiger partial charge in [0.1, 0.15) is 5.82 Å². The Kier molecular flexibility index (Phi) is 5.93. The zero-order chi connectivity index (χ0) is 22.7. The summed E-state index contributed by atoms with van der Waals surface area (Å²) in [6.07, 6.45) is 0. The summed E-state index contributed by atoms with van der Waals surface area (Å²) in [6.45, 7) is 0.0873. The van der Waals surface area contributed by atoms with Crippen molar-refractivity contribution in [2.75, 3.05) is 26.8 Å². The van der Waals surface area contributed by atoms with Crippen molar-refractivity contribution >= 4 is 10.9 Å². The lowest BCUT2D eigenvalue weighted by atomic mass is 10.1. The van der Waals surface area contributed by atoms with Crippen molar-refractivity contribution < 1.29 is 18.6 Å². The van der Waals surface area contributed by atoms with Gasteiger partial charge in [-0.1, -0.05) is 30.3 Å². The Labute approximate surface area is 184 Å². The minimum absolute atomic E-state index is 0.0873. The predicted molar refractivity (Wildman–Crippen MR) is 121 cm³/mol. The van der Waals surface area contributed by atoms with E-state index in [0.717, 1.165) is 0 Å². The lowest BCUT2D eigenvalue weighted by molar-refractivity contribution is 0.324. The van der Waals surface area contributed by atoms with Crippen LogP contribution in [0.1, 0.15) is 5.56 Å². The van der Waals surface area contributed by atoms with Crippen molar-refractivity contribution in [2.45, 2.75) is 6.54 Å². The maximum Gasteiger partial charge on any atom is 0.280 e. The van der Waals surface area contributed by atoms with Gasteiger partial charge in [0.25, 0.3) is 5.56 Å². The molecule has 0 unspecified atom stereocenters. The largest absolute Gasteiger partial charge is 0.493 e. The van der Waals surface area contributed by atoms with E-state index in [-0.39, 0.29) is 17.9 Å². The van der Waals surface area contributed by atoms with Crippen LogP contribution >= 0.6 is 0 Å². The smallest absolute Gasteiger partial charge is 0.280 e. The number of methoxy groups -OCH3 is 3. The average Bonchev–Trinajstić information content (AvgIpc) is 2.83. The molecule has 4 aromatic rings. The van der Waals surface area contributed by atoms with Gasteiger partial charge in [-0.25, -0.2) is 14.1 Å². The van der Waals surface area contributed by atoms with Gasteiger partial charge in [-0.15, -0.1) is 0 Å². The number of halogens is 1. The van der Waals surface area contributed by atoms with Crippen LogP contribution in [0.2, 0.25) is 0 Å². The summed E-state index contributed by atoms with van der Waals surface area (Å²) in [5.74, 6) is 1.23. The van der Waals surface area contributed by atoms with Gasteiger partial charge in [0.2, 0.25) is 5.75 Å². The molecular formula is C24H22FN3O4. The van der Waals surface area contributed by atoms with Crippen LogP contribution in [-0.4, -0.2) is 31.0 Å². The Morgan fingerprint density at radius 2 is 1.59 bits per heavy atom. The van der Waals surface area contributed by atoms with Crippen LogP contribution in [0.3, 0.4) is 0 Å². The van der Waals surface area contributed by atoms with Crippen molar-refractivity contribution in [3.8, 4) is 28.6 Å². The molecule has 0 amide bonds. The van der Waals surface area contributed by atoms with Crippen LogP contribution in [0, 0.1) is 5.82 Å². The van der Waals surface area contributed by atoms with Crippen molar-refractivity contribution in [2.24, 2.45) is 0 Å². The molecule has 0 saturated heterocycles. The van der Waals surface area contributed by atoms with Crippen LogP contribution in [0.4, 0.5) is 4.39 Å². The van der Waals surface area contributed by atoms with E-state index in [4.69, 9.17) is 19.2 Å². The molecule has 0 atom stereocenters. The van der Waals surface area contributed by atoms with Gasteiger partial charge >= 0.3 is 0 Å². The molecule has 1 heterocycles. The molecule has 164 valence electrons. The minimum atomic E-state index is -0.365. The Bertz CT molecular complexity index is 1310. The standard InChI is InChI=1S/C24H22FN3O4/c1-30-20-12-16(13-21(31-2)22(20)32-3)23-27-19-11-7-5-9-17(19)24(29)28(23)26-14-15-8-4-6-10-18(15)25/h4-13,26H,14H2,1-3H3. The third kappa shape index (κ3) is 3.82. The molecule has 0 fully saturated rings. The molecular weight excluding hydrogens is 413 g/mol. The van der Waals surface area contributed by atoms with Crippen molar-refractivity contribution in [1.82, 2.24) is 9.66 Å². The van der Waals surface area contributed by atoms with Crippen molar-refractivity contribution in [3.05, 3.63) is 82.4 Å². The Balaban J connectivity index is 1.91. The zero-order valence-corrected chi connectivity index (χ0v) is 17.9. The molecule has 1 N–H and O–H groups in total. The molecule has 0 bridgehead atoms. The zero-order valence-electron chi connectivity index (χ0n) is 17.9. The topological polar surface area (TPSA) is 74.6 Å². The number of benzene rings is 3. The van der Waals surface area contributed by atoms with E-state index < -0.39 is 0 Å². The molecule has 4 rings (SSSR count). The molecule has 0 aliphatic rings. The highest BCUT2D eigenvalue weighted by atomic mass is 19.1. The fourth-order valence-electron chi connectivity index (χ4n) is 3.49. The molecule has 0 saturated carbocycles. The Morgan fingerprint density at radius 1 is 0.938 bits per heavy atom. The molecule has 1 aromatic heterocycles. The number of fused-ring (bicyclic) bond motifs is 1. The monoisotopic (exact) mass is 435 g/mol. The van der Waals surface area contributed by atoms with Gasteiger partial charge in [-0.2, -0.15) is 0 Å². The Morgan fingerprint density at radius 3 is 2.25 bits per heavy atom. The summed E-state index contributed by atoms with van der Waals surface area (Å²) in [4.78, 5) is 18.0. The number of para-hydroxylation sites is 1. The van der Waals surface area contributed by atoms with E-state index in [1.165, 1.54) is 32.1 Å². The van der Waals surface area contributed by atoms with Gasteiger partial charge < -0.3 is 19.6 Å². The van der Waals surface area contributed by atoms with Crippen LogP contribution in [0.5, 0.6) is 17.2 Å². The number of nitrogens with one attached hydrogen (secondary N) is 1. The van der Waals surface area contributed by atoms with Gasteiger partial charge in [0.05, 0.1) is 38.8 Å². The predicted octanol–water partition coefficient (Wildman–Crippen LogP) is 3.97. The number of hydrogen-bond acceptors (Lipinski definition) is 6. The van der Waals surface area contributed by atoms with Crippen LogP contribution < -0.4 is 25.2 Å². The molecule has 7 nitrogen and oxygen atoms in total. The molecule has 3 aromatic carbocycles. The van der Waals surface area contributed by atoms with E-state index in [2.05, 4.69) is 5.43 Å². The second kappa shape index (κ2) is 8.97. The summed E-state index contributed by atoms with van der Waals surface area (Å²) < 4.78 is 31.8. The fourth-order valence-corrected chi connectivity index (χ4v) is 3.49. The highest BCUT2D eigenvalue weighted by molar-refractivity contribution is 5.80. The van der Waals surface area contributed by atoms with E-state index in [1.54, 1.807) is 48.5 Å². The maximum atomic E-state index is 14.2. The fraction of sp³-hybridized carbons (Fsp3) is 0.167. The molecule has 32 heavy (non-hydrogen) atoms. The first-order chi connectivity index (χ1) is 15.6. The first-order valence-electron chi connectivity index (χ1n) is 9.86. The maximum absolute atomic E-state index is 14.2. The highest BCUT2D eigenvalue weighted by Crippen LogP contribution is 2.40.